The van der Waals surface area contributed by atoms with Crippen molar-refractivity contribution in [3.05, 3.63) is 35.9 Å². The lowest BCUT2D eigenvalue weighted by atomic mass is 9.97. The van der Waals surface area contributed by atoms with Gasteiger partial charge in [0.1, 0.15) is 18.7 Å². The van der Waals surface area contributed by atoms with Gasteiger partial charge in [0.15, 0.2) is 0 Å². The summed E-state index contributed by atoms with van der Waals surface area (Å²) >= 11 is 0. The number of carboxylic acids is 1. The number of hydrogen-bond acceptors (Lipinski definition) is 6. The van der Waals surface area contributed by atoms with Crippen LogP contribution in [-0.2, 0) is 30.5 Å². The first-order chi connectivity index (χ1) is 14.6. The highest BCUT2D eigenvalue weighted by Crippen LogP contribution is 2.12. The van der Waals surface area contributed by atoms with Gasteiger partial charge in [0, 0.05) is 0 Å². The minimum atomic E-state index is -1.31. The molecule has 9 nitrogen and oxygen atoms in total. The van der Waals surface area contributed by atoms with E-state index in [0.717, 1.165) is 5.56 Å². The van der Waals surface area contributed by atoms with E-state index in [1.165, 1.54) is 6.92 Å². The summed E-state index contributed by atoms with van der Waals surface area (Å²) in [5, 5.41) is 14.4. The number of nitrogens with one attached hydrogen (secondary N) is 2. The summed E-state index contributed by atoms with van der Waals surface area (Å²) in [5.74, 6) is -3.14. The van der Waals surface area contributed by atoms with Crippen LogP contribution in [0.25, 0.3) is 0 Å². The molecular formula is C22H32N2O7. The molecule has 1 aromatic rings. The molecular weight excluding hydrogens is 404 g/mol. The van der Waals surface area contributed by atoms with Gasteiger partial charge in [-0.3, -0.25) is 9.59 Å². The van der Waals surface area contributed by atoms with Crippen LogP contribution in [0.1, 0.15) is 46.1 Å². The summed E-state index contributed by atoms with van der Waals surface area (Å²) in [6.07, 6.45) is -0.659. The second-order valence-electron chi connectivity index (χ2n) is 7.70. The van der Waals surface area contributed by atoms with Crippen molar-refractivity contribution < 1.29 is 33.8 Å². The average Bonchev–Trinajstić information content (AvgIpc) is 2.70. The second-order valence-corrected chi connectivity index (χ2v) is 7.70. The maximum atomic E-state index is 12.8. The number of esters is 1. The normalized spacial score (nSPS) is 13.6. The van der Waals surface area contributed by atoms with Crippen molar-refractivity contribution >= 4 is 23.9 Å². The van der Waals surface area contributed by atoms with Crippen molar-refractivity contribution in [1.82, 2.24) is 10.6 Å². The molecule has 0 saturated heterocycles. The van der Waals surface area contributed by atoms with Gasteiger partial charge in [0.2, 0.25) is 5.91 Å². The lowest BCUT2D eigenvalue weighted by molar-refractivity contribution is -0.147. The van der Waals surface area contributed by atoms with Gasteiger partial charge >= 0.3 is 18.0 Å². The predicted octanol–water partition coefficient (Wildman–Crippen LogP) is 2.49. The highest BCUT2D eigenvalue weighted by atomic mass is 16.5. The molecule has 0 heterocycles. The summed E-state index contributed by atoms with van der Waals surface area (Å²) in [6.45, 7) is 7.15. The fourth-order valence-electron chi connectivity index (χ4n) is 2.91. The number of carbonyl (C=O) groups is 4. The zero-order valence-electron chi connectivity index (χ0n) is 18.4. The number of benzene rings is 1. The molecule has 0 radical (unpaired) electrons. The van der Waals surface area contributed by atoms with Crippen molar-refractivity contribution in [1.29, 1.82) is 0 Å². The topological polar surface area (TPSA) is 131 Å². The Kier molecular flexibility index (Phi) is 11.1. The van der Waals surface area contributed by atoms with Gasteiger partial charge in [-0.1, -0.05) is 51.1 Å². The predicted molar refractivity (Wildman–Crippen MR) is 113 cm³/mol. The van der Waals surface area contributed by atoms with E-state index in [1.807, 2.05) is 32.0 Å². The van der Waals surface area contributed by atoms with E-state index in [2.05, 4.69) is 10.6 Å². The maximum absolute atomic E-state index is 12.8. The van der Waals surface area contributed by atoms with E-state index < -0.39 is 41.9 Å². The SMILES string of the molecule is CCOC(=O)C[C@@H](C)[C@@H](NC(=O)[C@H](CC(C)C)NC(=O)OCc1ccccc1)C(=O)O. The zero-order chi connectivity index (χ0) is 23.4. The first-order valence-electron chi connectivity index (χ1n) is 10.3. The molecule has 0 spiro atoms. The molecule has 0 bridgehead atoms. The van der Waals surface area contributed by atoms with Gasteiger partial charge in [-0.2, -0.15) is 0 Å². The number of aliphatic carboxylic acids is 1. The van der Waals surface area contributed by atoms with Crippen molar-refractivity contribution in [2.45, 2.75) is 59.2 Å². The lowest BCUT2D eigenvalue weighted by Crippen LogP contribution is -2.54. The van der Waals surface area contributed by atoms with Crippen LogP contribution in [0.2, 0.25) is 0 Å². The van der Waals surface area contributed by atoms with Gasteiger partial charge in [-0.15, -0.1) is 0 Å². The Morgan fingerprint density at radius 1 is 1.00 bits per heavy atom. The first kappa shape index (κ1) is 25.9. The van der Waals surface area contributed by atoms with Crippen LogP contribution in [0.15, 0.2) is 30.3 Å². The summed E-state index contributed by atoms with van der Waals surface area (Å²) in [4.78, 5) is 48.3. The van der Waals surface area contributed by atoms with Crippen LogP contribution in [0.5, 0.6) is 0 Å². The minimum Gasteiger partial charge on any atom is -0.480 e. The quantitative estimate of drug-likeness (QED) is 0.429. The third kappa shape index (κ3) is 9.97. The van der Waals surface area contributed by atoms with Crippen LogP contribution in [0, 0.1) is 11.8 Å². The average molecular weight is 437 g/mol. The minimum absolute atomic E-state index is 0.0387. The van der Waals surface area contributed by atoms with Gasteiger partial charge in [-0.05, 0) is 30.7 Å². The summed E-state index contributed by atoms with van der Waals surface area (Å²) < 4.78 is 10.0. The molecule has 0 aliphatic carbocycles. The molecule has 0 aliphatic heterocycles. The summed E-state index contributed by atoms with van der Waals surface area (Å²) in [7, 11) is 0. The van der Waals surface area contributed by atoms with Crippen molar-refractivity contribution in [3.63, 3.8) is 0 Å². The lowest BCUT2D eigenvalue weighted by Gasteiger charge is -2.25. The Bertz CT molecular complexity index is 737. The zero-order valence-corrected chi connectivity index (χ0v) is 18.4. The summed E-state index contributed by atoms with van der Waals surface area (Å²) in [6, 6.07) is 6.77. The maximum Gasteiger partial charge on any atom is 0.408 e. The van der Waals surface area contributed by atoms with Gasteiger partial charge in [-0.25, -0.2) is 9.59 Å². The van der Waals surface area contributed by atoms with E-state index in [1.54, 1.807) is 19.1 Å². The van der Waals surface area contributed by atoms with Crippen LogP contribution < -0.4 is 10.6 Å². The van der Waals surface area contributed by atoms with Crippen molar-refractivity contribution in [2.24, 2.45) is 11.8 Å². The van der Waals surface area contributed by atoms with Crippen LogP contribution in [0.4, 0.5) is 4.79 Å². The molecule has 0 saturated carbocycles. The summed E-state index contributed by atoms with van der Waals surface area (Å²) in [5.41, 5.74) is 0.793. The van der Waals surface area contributed by atoms with Gasteiger partial charge in [0.25, 0.3) is 0 Å². The van der Waals surface area contributed by atoms with Gasteiger partial charge in [0.05, 0.1) is 13.0 Å². The Morgan fingerprint density at radius 2 is 1.65 bits per heavy atom. The Hall–Kier alpha value is -3.10. The second kappa shape index (κ2) is 13.3. The number of ether oxygens (including phenoxy) is 2. The third-order valence-electron chi connectivity index (χ3n) is 4.46. The molecule has 3 atom stereocenters. The fourth-order valence-corrected chi connectivity index (χ4v) is 2.91. The number of hydrogen-bond donors (Lipinski definition) is 3. The van der Waals surface area contributed by atoms with E-state index in [-0.39, 0.29) is 32.0 Å². The van der Waals surface area contributed by atoms with Crippen LogP contribution in [0.3, 0.4) is 0 Å². The fraction of sp³-hybridized carbons (Fsp3) is 0.545. The molecule has 9 heteroatoms. The number of carboxylic acid groups (broad SMARTS) is 1. The Labute approximate surface area is 182 Å². The van der Waals surface area contributed by atoms with E-state index >= 15 is 0 Å². The van der Waals surface area contributed by atoms with Gasteiger partial charge < -0.3 is 25.2 Å². The molecule has 2 amide bonds. The smallest absolute Gasteiger partial charge is 0.408 e. The molecule has 172 valence electrons. The van der Waals surface area contributed by atoms with Crippen molar-refractivity contribution in [3.8, 4) is 0 Å². The van der Waals surface area contributed by atoms with Crippen LogP contribution >= 0.6 is 0 Å². The third-order valence-corrected chi connectivity index (χ3v) is 4.46. The molecule has 31 heavy (non-hydrogen) atoms. The Balaban J connectivity index is 2.76. The molecule has 1 aromatic carbocycles. The van der Waals surface area contributed by atoms with Crippen LogP contribution in [-0.4, -0.2) is 47.7 Å². The largest absolute Gasteiger partial charge is 0.480 e. The molecule has 0 aromatic heterocycles. The molecule has 3 N–H and O–H groups in total. The highest BCUT2D eigenvalue weighted by molar-refractivity contribution is 5.89. The molecule has 0 fully saturated rings. The van der Waals surface area contributed by atoms with E-state index in [0.29, 0.717) is 0 Å². The monoisotopic (exact) mass is 436 g/mol. The highest BCUT2D eigenvalue weighted by Gasteiger charge is 2.32. The molecule has 1 rings (SSSR count). The molecule has 0 unspecified atom stereocenters. The number of alkyl carbamates (subject to hydrolysis) is 1. The Morgan fingerprint density at radius 3 is 2.19 bits per heavy atom. The van der Waals surface area contributed by atoms with E-state index in [4.69, 9.17) is 9.47 Å². The molecule has 0 aliphatic rings. The first-order valence-corrected chi connectivity index (χ1v) is 10.3. The standard InChI is InChI=1S/C22H32N2O7/c1-5-30-18(25)12-15(4)19(21(27)28)24-20(26)17(11-14(2)3)23-22(29)31-13-16-9-7-6-8-10-16/h6-10,14-15,17,19H,5,11-13H2,1-4H3,(H,23,29)(H,24,26)(H,27,28)/t15-,17+,19-/m1/s1. The number of rotatable bonds is 12. The van der Waals surface area contributed by atoms with E-state index in [9.17, 15) is 24.3 Å². The van der Waals surface area contributed by atoms with Crippen molar-refractivity contribution in [2.75, 3.05) is 6.61 Å². The number of carbonyl (C=O) groups excluding carboxylic acids is 3. The number of amides is 2.